The predicted octanol–water partition coefficient (Wildman–Crippen LogP) is 2.22. The fourth-order valence-electron chi connectivity index (χ4n) is 3.88. The zero-order chi connectivity index (χ0) is 20.6. The number of phenols is 1. The van der Waals surface area contributed by atoms with E-state index in [-0.39, 0.29) is 40.1 Å². The Bertz CT molecular complexity index is 829. The summed E-state index contributed by atoms with van der Waals surface area (Å²) in [6.07, 6.45) is 3.16. The smallest absolute Gasteiger partial charge is 0.257 e. The summed E-state index contributed by atoms with van der Waals surface area (Å²) < 4.78 is 0. The number of hydrogen-bond donors (Lipinski definition) is 4. The first kappa shape index (κ1) is 20.2. The van der Waals surface area contributed by atoms with Crippen molar-refractivity contribution in [3.63, 3.8) is 0 Å². The van der Waals surface area contributed by atoms with Crippen LogP contribution in [0.4, 0.5) is 5.69 Å². The molecule has 7 nitrogen and oxygen atoms in total. The van der Waals surface area contributed by atoms with Gasteiger partial charge in [0.25, 0.3) is 5.91 Å². The molecule has 0 heterocycles. The number of aliphatic hydroxyl groups is 1. The average molecular weight is 387 g/mol. The first-order chi connectivity index (χ1) is 13.1. The molecule has 2 aliphatic carbocycles. The number of aliphatic hydroxyl groups excluding tert-OH is 1. The largest absolute Gasteiger partial charge is 0.505 e. The van der Waals surface area contributed by atoms with Gasteiger partial charge in [-0.1, -0.05) is 32.8 Å². The summed E-state index contributed by atoms with van der Waals surface area (Å²) in [7, 11) is 3.20. The number of carbonyl (C=O) groups is 2. The summed E-state index contributed by atoms with van der Waals surface area (Å²) in [6.45, 7) is 4.37. The third-order valence-electron chi connectivity index (χ3n) is 5.81. The van der Waals surface area contributed by atoms with Crippen molar-refractivity contribution in [1.29, 1.82) is 0 Å². The Morgan fingerprint density at radius 1 is 1.25 bits per heavy atom. The number of carbonyl (C=O) groups excluding carboxylic acids is 2. The number of hydrogen-bond acceptors (Lipinski definition) is 6. The Balaban J connectivity index is 1.87. The second-order valence-electron chi connectivity index (χ2n) is 8.51. The number of Topliss-reactive ketones (excluding diaryl/α,β-unsaturated/α-hetero) is 1. The molecule has 1 amide bonds. The van der Waals surface area contributed by atoms with Crippen molar-refractivity contribution in [2.24, 2.45) is 5.41 Å². The highest BCUT2D eigenvalue weighted by Gasteiger charge is 2.42. The van der Waals surface area contributed by atoms with Crippen LogP contribution in [0.25, 0.3) is 0 Å². The van der Waals surface area contributed by atoms with E-state index < -0.39 is 11.9 Å². The number of anilines is 1. The van der Waals surface area contributed by atoms with Crippen LogP contribution in [0.15, 0.2) is 29.6 Å². The molecule has 0 saturated heterocycles. The number of amides is 1. The topological polar surface area (TPSA) is 102 Å². The molecule has 7 heteroatoms. The molecule has 0 radical (unpaired) electrons. The average Bonchev–Trinajstić information content (AvgIpc) is 2.65. The first-order valence-corrected chi connectivity index (χ1v) is 9.67. The van der Waals surface area contributed by atoms with Crippen molar-refractivity contribution in [3.05, 3.63) is 35.2 Å². The lowest BCUT2D eigenvalue weighted by molar-refractivity contribution is -0.124. The quantitative estimate of drug-likeness (QED) is 0.578. The highest BCUT2D eigenvalue weighted by Crippen LogP contribution is 2.38. The van der Waals surface area contributed by atoms with Crippen molar-refractivity contribution in [2.75, 3.05) is 19.4 Å². The Morgan fingerprint density at radius 2 is 1.96 bits per heavy atom. The molecule has 28 heavy (non-hydrogen) atoms. The first-order valence-electron chi connectivity index (χ1n) is 9.67. The summed E-state index contributed by atoms with van der Waals surface area (Å²) in [4.78, 5) is 25.8. The van der Waals surface area contributed by atoms with Crippen LogP contribution in [0.5, 0.6) is 5.75 Å². The molecule has 2 aliphatic rings. The Labute approximate surface area is 165 Å². The molecule has 1 aromatic carbocycles. The van der Waals surface area contributed by atoms with Crippen LogP contribution < -0.4 is 10.6 Å². The van der Waals surface area contributed by atoms with Gasteiger partial charge in [-0.3, -0.25) is 9.59 Å². The van der Waals surface area contributed by atoms with E-state index in [1.807, 2.05) is 0 Å². The summed E-state index contributed by atoms with van der Waals surface area (Å²) in [5.41, 5.74) is 1.15. The summed E-state index contributed by atoms with van der Waals surface area (Å²) in [6, 6.07) is 4.91. The number of benzene rings is 1. The number of nitrogens with zero attached hydrogens (tertiary/aromatic N) is 1. The summed E-state index contributed by atoms with van der Waals surface area (Å²) in [5.74, 6) is -0.988. The number of phenolic OH excluding ortho intramolecular Hbond substituents is 1. The normalized spacial score (nSPS) is 23.8. The molecule has 0 spiro atoms. The van der Waals surface area contributed by atoms with E-state index >= 15 is 0 Å². The van der Waals surface area contributed by atoms with E-state index in [0.29, 0.717) is 5.70 Å². The van der Waals surface area contributed by atoms with E-state index in [9.17, 15) is 19.8 Å². The summed E-state index contributed by atoms with van der Waals surface area (Å²) in [5, 5.41) is 26.9. The fraction of sp³-hybridized carbons (Fsp3) is 0.524. The Hall–Kier alpha value is -2.54. The van der Waals surface area contributed by atoms with E-state index in [2.05, 4.69) is 24.5 Å². The van der Waals surface area contributed by atoms with Crippen LogP contribution >= 0.6 is 0 Å². The Kier molecular flexibility index (Phi) is 5.39. The van der Waals surface area contributed by atoms with Crippen molar-refractivity contribution in [3.8, 4) is 5.75 Å². The van der Waals surface area contributed by atoms with Crippen molar-refractivity contribution >= 4 is 17.4 Å². The maximum Gasteiger partial charge on any atom is 0.257 e. The molecule has 0 aliphatic heterocycles. The maximum absolute atomic E-state index is 12.3. The standard InChI is InChI=1S/C21H29N3O4/c1-21(2)11-6-5-10-14(21)23-16-15(18(26)19(16)27)22-13-9-7-8-12(17(13)25)20(28)24(3)4/h7-9,14,19,22-23,25,27H,5-6,10-11H2,1-4H3. The van der Waals surface area contributed by atoms with Gasteiger partial charge in [-0.25, -0.2) is 0 Å². The van der Waals surface area contributed by atoms with Gasteiger partial charge in [-0.15, -0.1) is 0 Å². The van der Waals surface area contributed by atoms with Crippen molar-refractivity contribution in [1.82, 2.24) is 10.2 Å². The lowest BCUT2D eigenvalue weighted by Gasteiger charge is -2.42. The third-order valence-corrected chi connectivity index (χ3v) is 5.81. The second kappa shape index (κ2) is 7.47. The van der Waals surface area contributed by atoms with E-state index in [0.717, 1.165) is 19.3 Å². The summed E-state index contributed by atoms with van der Waals surface area (Å²) >= 11 is 0. The lowest BCUT2D eigenvalue weighted by atomic mass is 9.72. The molecular weight excluding hydrogens is 358 g/mol. The predicted molar refractivity (Wildman–Crippen MR) is 107 cm³/mol. The van der Waals surface area contributed by atoms with Gasteiger partial charge in [0.05, 0.1) is 16.9 Å². The van der Waals surface area contributed by atoms with Gasteiger partial charge in [0, 0.05) is 20.1 Å². The Morgan fingerprint density at radius 3 is 2.61 bits per heavy atom. The number of para-hydroxylation sites is 1. The minimum Gasteiger partial charge on any atom is -0.505 e. The van der Waals surface area contributed by atoms with Crippen LogP contribution in [0.3, 0.4) is 0 Å². The molecule has 3 rings (SSSR count). The number of nitrogens with one attached hydrogen (secondary N) is 2. The molecule has 1 fully saturated rings. The lowest BCUT2D eigenvalue weighted by Crippen LogP contribution is -2.52. The van der Waals surface area contributed by atoms with Gasteiger partial charge in [-0.2, -0.15) is 0 Å². The van der Waals surface area contributed by atoms with E-state index in [1.165, 1.54) is 17.4 Å². The zero-order valence-electron chi connectivity index (χ0n) is 16.9. The minimum absolute atomic E-state index is 0.0644. The van der Waals surface area contributed by atoms with Gasteiger partial charge in [0.2, 0.25) is 5.78 Å². The van der Waals surface area contributed by atoms with Gasteiger partial charge in [0.1, 0.15) is 5.70 Å². The molecule has 1 aromatic rings. The van der Waals surface area contributed by atoms with Crippen LogP contribution in [-0.2, 0) is 4.79 Å². The second-order valence-corrected chi connectivity index (χ2v) is 8.51. The van der Waals surface area contributed by atoms with Gasteiger partial charge >= 0.3 is 0 Å². The highest BCUT2D eigenvalue weighted by atomic mass is 16.3. The van der Waals surface area contributed by atoms with E-state index in [1.54, 1.807) is 26.2 Å². The van der Waals surface area contributed by atoms with Crippen LogP contribution in [0.2, 0.25) is 0 Å². The number of rotatable bonds is 5. The van der Waals surface area contributed by atoms with Crippen molar-refractivity contribution in [2.45, 2.75) is 51.7 Å². The SMILES string of the molecule is CN(C)C(=O)c1cccc(NC2=C(NC3CCCCC3(C)C)C(O)C2=O)c1O. The third kappa shape index (κ3) is 3.58. The van der Waals surface area contributed by atoms with Gasteiger partial charge in [-0.05, 0) is 30.4 Å². The van der Waals surface area contributed by atoms with Crippen molar-refractivity contribution < 1.29 is 19.8 Å². The highest BCUT2D eigenvalue weighted by molar-refractivity contribution is 6.11. The zero-order valence-corrected chi connectivity index (χ0v) is 16.9. The van der Waals surface area contributed by atoms with Crippen LogP contribution in [0, 0.1) is 5.41 Å². The molecule has 0 aromatic heterocycles. The molecule has 1 saturated carbocycles. The van der Waals surface area contributed by atoms with Crippen LogP contribution in [-0.4, -0.2) is 53.0 Å². The molecule has 4 N–H and O–H groups in total. The van der Waals surface area contributed by atoms with E-state index in [4.69, 9.17) is 0 Å². The molecule has 2 atom stereocenters. The number of ketones is 1. The molecular formula is C21H29N3O4. The van der Waals surface area contributed by atoms with Gasteiger partial charge < -0.3 is 25.7 Å². The molecule has 152 valence electrons. The van der Waals surface area contributed by atoms with Crippen LogP contribution in [0.1, 0.15) is 49.9 Å². The van der Waals surface area contributed by atoms with Gasteiger partial charge in [0.15, 0.2) is 11.9 Å². The number of aromatic hydroxyl groups is 1. The fourth-order valence-corrected chi connectivity index (χ4v) is 3.88. The minimum atomic E-state index is -1.19. The maximum atomic E-state index is 12.3. The molecule has 0 bridgehead atoms. The molecule has 2 unspecified atom stereocenters. The monoisotopic (exact) mass is 387 g/mol.